The Balaban J connectivity index is 1.62. The van der Waals surface area contributed by atoms with Gasteiger partial charge in [0.1, 0.15) is 32.8 Å². The van der Waals surface area contributed by atoms with Crippen molar-refractivity contribution in [1.82, 2.24) is 0 Å². The topological polar surface area (TPSA) is 111 Å². The number of amides is 2. The van der Waals surface area contributed by atoms with Gasteiger partial charge in [-0.1, -0.05) is 24.3 Å². The van der Waals surface area contributed by atoms with E-state index in [1.54, 1.807) is 10.6 Å². The second kappa shape index (κ2) is 12.5. The van der Waals surface area contributed by atoms with E-state index in [4.69, 9.17) is 0 Å². The number of hydrogen-bond donors (Lipinski definition) is 2. The zero-order chi connectivity index (χ0) is 32.4. The SMILES string of the molecule is COC(=O)c1c(-c2ccc(F)cc2)csc1NC(=O)C(F)(F)C(F)(F)C(=O)Nc1scc(-c2ccc(F)cc2)c1C(=O)OC. The highest BCUT2D eigenvalue weighted by Gasteiger charge is 2.67. The molecule has 8 nitrogen and oxygen atoms in total. The molecule has 0 saturated carbocycles. The average molecular weight is 657 g/mol. The van der Waals surface area contributed by atoms with Crippen LogP contribution in [0.5, 0.6) is 0 Å². The first-order valence-corrected chi connectivity index (χ1v) is 13.8. The molecule has 2 amide bonds. The minimum atomic E-state index is -5.69. The van der Waals surface area contributed by atoms with Gasteiger partial charge in [-0.15, -0.1) is 22.7 Å². The predicted octanol–water partition coefficient (Wildman–Crippen LogP) is 6.84. The second-order valence-corrected chi connectivity index (χ2v) is 10.5. The molecule has 0 aliphatic carbocycles. The molecule has 2 N–H and O–H groups in total. The Morgan fingerprint density at radius 2 is 0.932 bits per heavy atom. The summed E-state index contributed by atoms with van der Waals surface area (Å²) in [5.41, 5.74) is -0.467. The lowest BCUT2D eigenvalue weighted by Gasteiger charge is -2.24. The molecule has 16 heteroatoms. The zero-order valence-electron chi connectivity index (χ0n) is 22.3. The molecule has 44 heavy (non-hydrogen) atoms. The minimum absolute atomic E-state index is 0.0231. The molecule has 0 saturated heterocycles. The number of alkyl halides is 4. The smallest absolute Gasteiger partial charge is 0.396 e. The van der Waals surface area contributed by atoms with Crippen molar-refractivity contribution in [2.24, 2.45) is 0 Å². The summed E-state index contributed by atoms with van der Waals surface area (Å²) in [5.74, 6) is -20.1. The van der Waals surface area contributed by atoms with Crippen LogP contribution in [-0.4, -0.2) is 49.8 Å². The van der Waals surface area contributed by atoms with Crippen molar-refractivity contribution in [2.45, 2.75) is 11.8 Å². The van der Waals surface area contributed by atoms with Crippen LogP contribution < -0.4 is 10.6 Å². The summed E-state index contributed by atoms with van der Waals surface area (Å²) in [7, 11) is 1.89. The summed E-state index contributed by atoms with van der Waals surface area (Å²) in [4.78, 5) is 49.9. The molecule has 2 aromatic carbocycles. The summed E-state index contributed by atoms with van der Waals surface area (Å²) < 4.78 is 95.8. The molecule has 2 heterocycles. The Bertz CT molecular complexity index is 1610. The molecule has 0 aliphatic rings. The zero-order valence-corrected chi connectivity index (χ0v) is 23.9. The molecule has 0 aliphatic heterocycles. The molecule has 0 bridgehead atoms. The van der Waals surface area contributed by atoms with Crippen LogP contribution >= 0.6 is 22.7 Å². The van der Waals surface area contributed by atoms with E-state index in [1.807, 2.05) is 0 Å². The number of ether oxygens (including phenoxy) is 2. The first-order valence-electron chi connectivity index (χ1n) is 12.0. The van der Waals surface area contributed by atoms with E-state index in [0.717, 1.165) is 38.5 Å². The first kappa shape index (κ1) is 32.2. The molecule has 0 fully saturated rings. The summed E-state index contributed by atoms with van der Waals surface area (Å²) in [6.07, 6.45) is 0. The van der Waals surface area contributed by atoms with Gasteiger partial charge >= 0.3 is 35.6 Å². The minimum Gasteiger partial charge on any atom is -0.465 e. The Morgan fingerprint density at radius 3 is 1.23 bits per heavy atom. The van der Waals surface area contributed by atoms with Crippen LogP contribution in [-0.2, 0) is 19.1 Å². The highest BCUT2D eigenvalue weighted by atomic mass is 32.1. The molecule has 230 valence electrons. The lowest BCUT2D eigenvalue weighted by Crippen LogP contribution is -2.56. The number of nitrogens with one attached hydrogen (secondary N) is 2. The summed E-state index contributed by atoms with van der Waals surface area (Å²) in [6, 6.07) is 9.16. The van der Waals surface area contributed by atoms with E-state index in [-0.39, 0.29) is 22.3 Å². The number of methoxy groups -OCH3 is 2. The highest BCUT2D eigenvalue weighted by Crippen LogP contribution is 2.42. The first-order chi connectivity index (χ1) is 20.7. The number of carbonyl (C=O) groups is 4. The predicted molar refractivity (Wildman–Crippen MR) is 149 cm³/mol. The number of carbonyl (C=O) groups excluding carboxylic acids is 4. The van der Waals surface area contributed by atoms with E-state index in [2.05, 4.69) is 9.47 Å². The van der Waals surface area contributed by atoms with Crippen LogP contribution in [0, 0.1) is 11.6 Å². The Hall–Kier alpha value is -4.70. The number of anilines is 2. The van der Waals surface area contributed by atoms with Gasteiger partial charge in [0.15, 0.2) is 0 Å². The van der Waals surface area contributed by atoms with Gasteiger partial charge in [0.25, 0.3) is 0 Å². The normalized spacial score (nSPS) is 11.5. The van der Waals surface area contributed by atoms with Crippen molar-refractivity contribution in [3.63, 3.8) is 0 Å². The van der Waals surface area contributed by atoms with Crippen LogP contribution in [0.2, 0.25) is 0 Å². The van der Waals surface area contributed by atoms with Crippen LogP contribution in [0.3, 0.4) is 0 Å². The van der Waals surface area contributed by atoms with Gasteiger partial charge in [0.2, 0.25) is 0 Å². The lowest BCUT2D eigenvalue weighted by atomic mass is 10.0. The standard InChI is InChI=1S/C28H18F6N2O6S2/c1-41-23(37)19-17(13-3-7-15(29)8-4-13)11-43-21(19)35-25(39)27(31,32)28(33,34)26(40)36-22-20(24(38)42-2)18(12-44-22)14-5-9-16(30)10-6-14/h3-12H,1-2H3,(H,35,39)(H,36,40). The monoisotopic (exact) mass is 656 g/mol. The number of halogens is 6. The van der Waals surface area contributed by atoms with Crippen LogP contribution in [0.4, 0.5) is 36.3 Å². The van der Waals surface area contributed by atoms with Crippen molar-refractivity contribution >= 4 is 56.4 Å². The molecular weight excluding hydrogens is 638 g/mol. The lowest BCUT2D eigenvalue weighted by molar-refractivity contribution is -0.204. The third-order valence-electron chi connectivity index (χ3n) is 6.09. The van der Waals surface area contributed by atoms with Crippen molar-refractivity contribution < 1.29 is 55.0 Å². The molecule has 0 unspecified atom stereocenters. The Kier molecular flexibility index (Phi) is 9.15. The number of thiophene rings is 2. The number of benzene rings is 2. The highest BCUT2D eigenvalue weighted by molar-refractivity contribution is 7.15. The van der Waals surface area contributed by atoms with Gasteiger partial charge in [-0.25, -0.2) is 18.4 Å². The van der Waals surface area contributed by atoms with Gasteiger partial charge in [0.05, 0.1) is 14.2 Å². The number of hydrogen-bond acceptors (Lipinski definition) is 8. The summed E-state index contributed by atoms with van der Waals surface area (Å²) in [5, 5.41) is 4.35. The maximum atomic E-state index is 15.0. The maximum absolute atomic E-state index is 15.0. The van der Waals surface area contributed by atoms with E-state index < -0.39 is 68.4 Å². The van der Waals surface area contributed by atoms with Gasteiger partial charge in [-0.3, -0.25) is 9.59 Å². The molecular formula is C28H18F6N2O6S2. The molecule has 0 atom stereocenters. The molecule has 0 spiro atoms. The Labute approximate surface area is 252 Å². The van der Waals surface area contributed by atoms with E-state index >= 15 is 0 Å². The third-order valence-corrected chi connectivity index (χ3v) is 7.88. The maximum Gasteiger partial charge on any atom is 0.396 e. The number of rotatable bonds is 9. The van der Waals surface area contributed by atoms with E-state index in [0.29, 0.717) is 22.7 Å². The van der Waals surface area contributed by atoms with Crippen molar-refractivity contribution in [3.8, 4) is 22.3 Å². The largest absolute Gasteiger partial charge is 0.465 e. The second-order valence-electron chi connectivity index (χ2n) is 8.76. The van der Waals surface area contributed by atoms with Crippen LogP contribution in [0.25, 0.3) is 22.3 Å². The summed E-state index contributed by atoms with van der Waals surface area (Å²) >= 11 is 1.03. The van der Waals surface area contributed by atoms with E-state index in [9.17, 15) is 45.5 Å². The number of esters is 2. The molecule has 2 aromatic heterocycles. The van der Waals surface area contributed by atoms with Crippen LogP contribution in [0.1, 0.15) is 20.7 Å². The third kappa shape index (κ3) is 6.03. The quantitative estimate of drug-likeness (QED) is 0.151. The fourth-order valence-electron chi connectivity index (χ4n) is 3.84. The van der Waals surface area contributed by atoms with Crippen LogP contribution in [0.15, 0.2) is 59.3 Å². The molecule has 4 rings (SSSR count). The molecule has 4 aromatic rings. The molecule has 0 radical (unpaired) electrons. The van der Waals surface area contributed by atoms with Gasteiger partial charge in [-0.2, -0.15) is 17.6 Å². The van der Waals surface area contributed by atoms with Gasteiger partial charge < -0.3 is 20.1 Å². The van der Waals surface area contributed by atoms with Crippen molar-refractivity contribution in [3.05, 3.63) is 82.1 Å². The fraction of sp³-hybridized carbons (Fsp3) is 0.143. The van der Waals surface area contributed by atoms with Gasteiger partial charge in [0, 0.05) is 21.9 Å². The average Bonchev–Trinajstić information content (AvgIpc) is 3.61. The van der Waals surface area contributed by atoms with Crippen molar-refractivity contribution in [1.29, 1.82) is 0 Å². The Morgan fingerprint density at radius 1 is 0.614 bits per heavy atom. The van der Waals surface area contributed by atoms with E-state index in [1.165, 1.54) is 35.0 Å². The fourth-order valence-corrected chi connectivity index (χ4v) is 5.75. The van der Waals surface area contributed by atoms with Crippen molar-refractivity contribution in [2.75, 3.05) is 24.9 Å². The summed E-state index contributed by atoms with van der Waals surface area (Å²) in [6.45, 7) is 0. The van der Waals surface area contributed by atoms with Gasteiger partial charge in [-0.05, 0) is 35.4 Å².